The predicted molar refractivity (Wildman–Crippen MR) is 62.7 cm³/mol. The van der Waals surface area contributed by atoms with Crippen LogP contribution in [0.4, 0.5) is 0 Å². The van der Waals surface area contributed by atoms with Crippen LogP contribution in [0.3, 0.4) is 0 Å². The van der Waals surface area contributed by atoms with E-state index in [9.17, 15) is 0 Å². The van der Waals surface area contributed by atoms with Crippen molar-refractivity contribution in [3.05, 3.63) is 42.0 Å². The summed E-state index contributed by atoms with van der Waals surface area (Å²) in [4.78, 5) is 0. The summed E-state index contributed by atoms with van der Waals surface area (Å²) in [6, 6.07) is 8.18. The summed E-state index contributed by atoms with van der Waals surface area (Å²) in [6.07, 6.45) is 1.83. The molecule has 82 valence electrons. The largest absolute Gasteiger partial charge is 0.379 e. The lowest BCUT2D eigenvalue weighted by Gasteiger charge is -2.04. The lowest BCUT2D eigenvalue weighted by molar-refractivity contribution is 0.0453. The van der Waals surface area contributed by atoms with Gasteiger partial charge in [0.05, 0.1) is 19.8 Å². The van der Waals surface area contributed by atoms with E-state index in [0.29, 0.717) is 19.8 Å². The van der Waals surface area contributed by atoms with E-state index >= 15 is 0 Å². The molecule has 1 aromatic carbocycles. The molecule has 0 N–H and O–H groups in total. The summed E-state index contributed by atoms with van der Waals surface area (Å²) in [5.41, 5.74) is 2.31. The van der Waals surface area contributed by atoms with Crippen molar-refractivity contribution in [3.8, 4) is 0 Å². The van der Waals surface area contributed by atoms with Crippen molar-refractivity contribution in [1.29, 1.82) is 0 Å². The van der Waals surface area contributed by atoms with Crippen LogP contribution < -0.4 is 0 Å². The molecule has 0 aliphatic heterocycles. The Balaban J connectivity index is 2.22. The molecule has 0 radical (unpaired) electrons. The Labute approximate surface area is 91.5 Å². The van der Waals surface area contributed by atoms with Gasteiger partial charge in [0.1, 0.15) is 0 Å². The number of rotatable bonds is 7. The molecule has 0 atom stereocenters. The van der Waals surface area contributed by atoms with Gasteiger partial charge < -0.3 is 9.47 Å². The molecule has 0 amide bonds. The molecule has 2 nitrogen and oxygen atoms in total. The highest BCUT2D eigenvalue weighted by atomic mass is 16.5. The molecule has 0 aromatic heterocycles. The maximum atomic E-state index is 5.44. The van der Waals surface area contributed by atoms with Crippen molar-refractivity contribution < 1.29 is 9.47 Å². The molecule has 0 spiro atoms. The maximum absolute atomic E-state index is 5.44. The first-order valence-corrected chi connectivity index (χ1v) is 5.23. The average Bonchev–Trinajstić information content (AvgIpc) is 2.30. The zero-order valence-electron chi connectivity index (χ0n) is 9.24. The molecule has 1 aromatic rings. The quantitative estimate of drug-likeness (QED) is 0.639. The van der Waals surface area contributed by atoms with E-state index < -0.39 is 0 Å². The van der Waals surface area contributed by atoms with Gasteiger partial charge >= 0.3 is 0 Å². The van der Waals surface area contributed by atoms with Gasteiger partial charge in [-0.05, 0) is 18.1 Å². The molecule has 1 rings (SSSR count). The zero-order valence-corrected chi connectivity index (χ0v) is 9.24. The van der Waals surface area contributed by atoms with Crippen LogP contribution in [-0.2, 0) is 16.1 Å². The standard InChI is InChI=1S/C13H18O2/c1-3-12-5-7-13(8-6-12)11-15-10-9-14-4-2/h3,5-8H,1,4,9-11H2,2H3. The van der Waals surface area contributed by atoms with Gasteiger partial charge in [-0.25, -0.2) is 0 Å². The highest BCUT2D eigenvalue weighted by Gasteiger charge is 1.93. The van der Waals surface area contributed by atoms with Crippen LogP contribution in [0.25, 0.3) is 6.08 Å². The Bertz CT molecular complexity index is 277. The highest BCUT2D eigenvalue weighted by molar-refractivity contribution is 5.47. The van der Waals surface area contributed by atoms with Gasteiger partial charge in [-0.1, -0.05) is 36.9 Å². The predicted octanol–water partition coefficient (Wildman–Crippen LogP) is 2.88. The van der Waals surface area contributed by atoms with Gasteiger partial charge in [-0.2, -0.15) is 0 Å². The molecule has 2 heteroatoms. The fraction of sp³-hybridized carbons (Fsp3) is 0.385. The zero-order chi connectivity index (χ0) is 10.9. The molecule has 0 fully saturated rings. The molecular weight excluding hydrogens is 188 g/mol. The summed E-state index contributed by atoms with van der Waals surface area (Å²) >= 11 is 0. The van der Waals surface area contributed by atoms with Crippen LogP contribution in [0.5, 0.6) is 0 Å². The summed E-state index contributed by atoms with van der Waals surface area (Å²) in [7, 11) is 0. The summed E-state index contributed by atoms with van der Waals surface area (Å²) in [5, 5.41) is 0. The molecule has 15 heavy (non-hydrogen) atoms. The Morgan fingerprint density at radius 2 is 1.80 bits per heavy atom. The van der Waals surface area contributed by atoms with Crippen molar-refractivity contribution in [2.24, 2.45) is 0 Å². The molecule has 0 unspecified atom stereocenters. The molecule has 0 saturated heterocycles. The lowest BCUT2D eigenvalue weighted by Crippen LogP contribution is -2.03. The van der Waals surface area contributed by atoms with E-state index in [1.54, 1.807) is 0 Å². The minimum Gasteiger partial charge on any atom is -0.379 e. The minimum atomic E-state index is 0.643. The van der Waals surface area contributed by atoms with Crippen LogP contribution in [0.1, 0.15) is 18.1 Å². The second-order valence-corrected chi connectivity index (χ2v) is 3.20. The number of hydrogen-bond donors (Lipinski definition) is 0. The first-order chi connectivity index (χ1) is 7.36. The third kappa shape index (κ3) is 4.77. The maximum Gasteiger partial charge on any atom is 0.0718 e. The van der Waals surface area contributed by atoms with Crippen LogP contribution in [0.15, 0.2) is 30.8 Å². The summed E-state index contributed by atoms with van der Waals surface area (Å²) < 4.78 is 10.6. The second-order valence-electron chi connectivity index (χ2n) is 3.20. The van der Waals surface area contributed by atoms with E-state index in [2.05, 4.69) is 18.7 Å². The molecule has 0 heterocycles. The van der Waals surface area contributed by atoms with E-state index in [-0.39, 0.29) is 0 Å². The van der Waals surface area contributed by atoms with Gasteiger partial charge in [0, 0.05) is 6.61 Å². The highest BCUT2D eigenvalue weighted by Crippen LogP contribution is 2.06. The van der Waals surface area contributed by atoms with Crippen LogP contribution in [-0.4, -0.2) is 19.8 Å². The van der Waals surface area contributed by atoms with E-state index in [4.69, 9.17) is 9.47 Å². The van der Waals surface area contributed by atoms with Crippen molar-refractivity contribution in [3.63, 3.8) is 0 Å². The molecule has 0 saturated carbocycles. The Kier molecular flexibility index (Phi) is 5.74. The molecule has 0 aliphatic carbocycles. The van der Waals surface area contributed by atoms with Crippen molar-refractivity contribution in [1.82, 2.24) is 0 Å². The van der Waals surface area contributed by atoms with Gasteiger partial charge in [-0.3, -0.25) is 0 Å². The van der Waals surface area contributed by atoms with Crippen molar-refractivity contribution in [2.45, 2.75) is 13.5 Å². The Hall–Kier alpha value is -1.12. The van der Waals surface area contributed by atoms with E-state index in [0.717, 1.165) is 12.2 Å². The smallest absolute Gasteiger partial charge is 0.0718 e. The molecular formula is C13H18O2. The number of benzene rings is 1. The topological polar surface area (TPSA) is 18.5 Å². The first kappa shape index (κ1) is 12.0. The van der Waals surface area contributed by atoms with Crippen LogP contribution in [0, 0.1) is 0 Å². The first-order valence-electron chi connectivity index (χ1n) is 5.23. The fourth-order valence-corrected chi connectivity index (χ4v) is 1.20. The van der Waals surface area contributed by atoms with Crippen LogP contribution >= 0.6 is 0 Å². The minimum absolute atomic E-state index is 0.643. The third-order valence-corrected chi connectivity index (χ3v) is 2.06. The monoisotopic (exact) mass is 206 g/mol. The molecule has 0 bridgehead atoms. The second kappa shape index (κ2) is 7.21. The number of ether oxygens (including phenoxy) is 2. The normalized spacial score (nSPS) is 10.2. The van der Waals surface area contributed by atoms with Gasteiger partial charge in [-0.15, -0.1) is 0 Å². The Morgan fingerprint density at radius 1 is 1.13 bits per heavy atom. The van der Waals surface area contributed by atoms with Gasteiger partial charge in [0.25, 0.3) is 0 Å². The van der Waals surface area contributed by atoms with Gasteiger partial charge in [0.15, 0.2) is 0 Å². The van der Waals surface area contributed by atoms with Crippen molar-refractivity contribution >= 4 is 6.08 Å². The summed E-state index contributed by atoms with van der Waals surface area (Å²) in [6.45, 7) is 8.40. The molecule has 0 aliphatic rings. The summed E-state index contributed by atoms with van der Waals surface area (Å²) in [5.74, 6) is 0. The van der Waals surface area contributed by atoms with Crippen LogP contribution in [0.2, 0.25) is 0 Å². The van der Waals surface area contributed by atoms with Crippen molar-refractivity contribution in [2.75, 3.05) is 19.8 Å². The van der Waals surface area contributed by atoms with Gasteiger partial charge in [0.2, 0.25) is 0 Å². The Morgan fingerprint density at radius 3 is 2.40 bits per heavy atom. The van der Waals surface area contributed by atoms with E-state index in [1.807, 2.05) is 25.1 Å². The van der Waals surface area contributed by atoms with E-state index in [1.165, 1.54) is 5.56 Å². The third-order valence-electron chi connectivity index (χ3n) is 2.06. The SMILES string of the molecule is C=Cc1ccc(COCCOCC)cc1. The number of hydrogen-bond acceptors (Lipinski definition) is 2. The lowest BCUT2D eigenvalue weighted by atomic mass is 10.1. The average molecular weight is 206 g/mol. The fourth-order valence-electron chi connectivity index (χ4n) is 1.20.